The van der Waals surface area contributed by atoms with Crippen LogP contribution in [0.1, 0.15) is 5.56 Å². The Labute approximate surface area is 131 Å². The van der Waals surface area contributed by atoms with Crippen LogP contribution in [0.2, 0.25) is 0 Å². The SMILES string of the molecule is COCCn1cc(Nc2cccc(Br)c2C(N)=S)cn1. The van der Waals surface area contributed by atoms with Crippen molar-refractivity contribution in [2.45, 2.75) is 6.54 Å². The summed E-state index contributed by atoms with van der Waals surface area (Å²) in [5.74, 6) is 0. The van der Waals surface area contributed by atoms with E-state index >= 15 is 0 Å². The first-order chi connectivity index (χ1) is 9.61. The number of nitrogens with two attached hydrogens (primary N) is 1. The van der Waals surface area contributed by atoms with Crippen LogP contribution in [0.5, 0.6) is 0 Å². The molecule has 106 valence electrons. The lowest BCUT2D eigenvalue weighted by molar-refractivity contribution is 0.183. The standard InChI is InChI=1S/C13H15BrN4OS/c1-19-6-5-18-8-9(7-16-18)17-11-4-2-3-10(14)12(11)13(15)20/h2-4,7-8,17H,5-6H2,1H3,(H2,15,20). The quantitative estimate of drug-likeness (QED) is 0.780. The minimum Gasteiger partial charge on any atom is -0.389 e. The third-order valence-electron chi connectivity index (χ3n) is 2.70. The summed E-state index contributed by atoms with van der Waals surface area (Å²) in [6.07, 6.45) is 3.66. The van der Waals surface area contributed by atoms with Crippen LogP contribution in [0.3, 0.4) is 0 Å². The van der Waals surface area contributed by atoms with Gasteiger partial charge in [-0.3, -0.25) is 4.68 Å². The number of benzene rings is 1. The van der Waals surface area contributed by atoms with Gasteiger partial charge in [-0.15, -0.1) is 0 Å². The van der Waals surface area contributed by atoms with Crippen molar-refractivity contribution in [2.24, 2.45) is 5.73 Å². The minimum atomic E-state index is 0.340. The highest BCUT2D eigenvalue weighted by Crippen LogP contribution is 2.27. The molecule has 0 aliphatic heterocycles. The highest BCUT2D eigenvalue weighted by atomic mass is 79.9. The second kappa shape index (κ2) is 6.83. The molecule has 5 nitrogen and oxygen atoms in total. The molecule has 0 saturated heterocycles. The first-order valence-corrected chi connectivity index (χ1v) is 7.18. The predicted octanol–water partition coefficient (Wildman–Crippen LogP) is 2.67. The fraction of sp³-hybridized carbons (Fsp3) is 0.231. The van der Waals surface area contributed by atoms with Gasteiger partial charge in [0.15, 0.2) is 0 Å². The molecule has 0 radical (unpaired) electrons. The van der Waals surface area contributed by atoms with Gasteiger partial charge in [-0.2, -0.15) is 5.10 Å². The van der Waals surface area contributed by atoms with E-state index in [4.69, 9.17) is 22.7 Å². The van der Waals surface area contributed by atoms with Gasteiger partial charge in [0, 0.05) is 29.0 Å². The van der Waals surface area contributed by atoms with E-state index in [-0.39, 0.29) is 0 Å². The molecule has 1 aromatic carbocycles. The lowest BCUT2D eigenvalue weighted by atomic mass is 10.1. The van der Waals surface area contributed by atoms with Crippen molar-refractivity contribution in [3.05, 3.63) is 40.6 Å². The average molecular weight is 355 g/mol. The number of aromatic nitrogens is 2. The van der Waals surface area contributed by atoms with Crippen molar-refractivity contribution in [3.8, 4) is 0 Å². The topological polar surface area (TPSA) is 65.1 Å². The summed E-state index contributed by atoms with van der Waals surface area (Å²) >= 11 is 8.54. The molecule has 0 unspecified atom stereocenters. The molecule has 1 aromatic heterocycles. The number of methoxy groups -OCH3 is 1. The third-order valence-corrected chi connectivity index (χ3v) is 3.56. The summed E-state index contributed by atoms with van der Waals surface area (Å²) in [5, 5.41) is 7.52. The number of halogens is 1. The molecule has 2 rings (SSSR count). The van der Waals surface area contributed by atoms with Gasteiger partial charge in [-0.25, -0.2) is 0 Å². The molecule has 0 saturated carbocycles. The minimum absolute atomic E-state index is 0.340. The van der Waals surface area contributed by atoms with E-state index in [1.54, 1.807) is 13.3 Å². The molecule has 0 aliphatic carbocycles. The molecule has 0 bridgehead atoms. The lowest BCUT2D eigenvalue weighted by Gasteiger charge is -2.11. The van der Waals surface area contributed by atoms with Crippen LogP contribution in [0.4, 0.5) is 11.4 Å². The smallest absolute Gasteiger partial charge is 0.107 e. The summed E-state index contributed by atoms with van der Waals surface area (Å²) in [5.41, 5.74) is 8.27. The van der Waals surface area contributed by atoms with Crippen LogP contribution >= 0.6 is 28.1 Å². The third kappa shape index (κ3) is 3.56. The van der Waals surface area contributed by atoms with Gasteiger partial charge in [0.25, 0.3) is 0 Å². The monoisotopic (exact) mass is 354 g/mol. The van der Waals surface area contributed by atoms with Crippen LogP contribution in [0, 0.1) is 0 Å². The Morgan fingerprint density at radius 1 is 1.55 bits per heavy atom. The fourth-order valence-electron chi connectivity index (χ4n) is 1.77. The number of hydrogen-bond donors (Lipinski definition) is 2. The highest BCUT2D eigenvalue weighted by Gasteiger charge is 2.10. The van der Waals surface area contributed by atoms with Gasteiger partial charge in [0.1, 0.15) is 4.99 Å². The highest BCUT2D eigenvalue weighted by molar-refractivity contribution is 9.10. The number of thiocarbonyl (C=S) groups is 1. The summed E-state index contributed by atoms with van der Waals surface area (Å²) in [4.78, 5) is 0.340. The number of nitrogens with zero attached hydrogens (tertiary/aromatic N) is 2. The van der Waals surface area contributed by atoms with Gasteiger partial charge < -0.3 is 15.8 Å². The van der Waals surface area contributed by atoms with E-state index in [2.05, 4.69) is 26.3 Å². The maximum absolute atomic E-state index is 5.76. The molecule has 0 atom stereocenters. The van der Waals surface area contributed by atoms with Gasteiger partial charge in [0.2, 0.25) is 0 Å². The van der Waals surface area contributed by atoms with Gasteiger partial charge in [0.05, 0.1) is 25.0 Å². The van der Waals surface area contributed by atoms with E-state index in [0.29, 0.717) is 18.1 Å². The largest absolute Gasteiger partial charge is 0.389 e. The molecule has 20 heavy (non-hydrogen) atoms. The maximum Gasteiger partial charge on any atom is 0.107 e. The Morgan fingerprint density at radius 2 is 2.35 bits per heavy atom. The molecule has 1 heterocycles. The second-order valence-electron chi connectivity index (χ2n) is 4.14. The number of nitrogens with one attached hydrogen (secondary N) is 1. The van der Waals surface area contributed by atoms with Crippen molar-refractivity contribution >= 4 is 44.5 Å². The van der Waals surface area contributed by atoms with Crippen molar-refractivity contribution in [2.75, 3.05) is 19.0 Å². The summed E-state index contributed by atoms with van der Waals surface area (Å²) in [7, 11) is 1.67. The Morgan fingerprint density at radius 3 is 3.05 bits per heavy atom. The van der Waals surface area contributed by atoms with Gasteiger partial charge in [-0.1, -0.05) is 18.3 Å². The molecule has 2 aromatic rings. The van der Waals surface area contributed by atoms with Crippen LogP contribution in [0.15, 0.2) is 35.1 Å². The Kier molecular flexibility index (Phi) is 5.11. The van der Waals surface area contributed by atoms with E-state index in [9.17, 15) is 0 Å². The summed E-state index contributed by atoms with van der Waals surface area (Å²) in [6, 6.07) is 5.75. The Balaban J connectivity index is 2.20. The van der Waals surface area contributed by atoms with E-state index in [1.165, 1.54) is 0 Å². The zero-order valence-corrected chi connectivity index (χ0v) is 13.4. The van der Waals surface area contributed by atoms with Crippen LogP contribution in [-0.4, -0.2) is 28.5 Å². The van der Waals surface area contributed by atoms with Crippen LogP contribution in [-0.2, 0) is 11.3 Å². The second-order valence-corrected chi connectivity index (χ2v) is 5.43. The molecular formula is C13H15BrN4OS. The first-order valence-electron chi connectivity index (χ1n) is 5.98. The zero-order chi connectivity index (χ0) is 14.5. The fourth-order valence-corrected chi connectivity index (χ4v) is 2.70. The molecule has 7 heteroatoms. The lowest BCUT2D eigenvalue weighted by Crippen LogP contribution is -2.12. The van der Waals surface area contributed by atoms with Crippen LogP contribution in [0.25, 0.3) is 0 Å². The van der Waals surface area contributed by atoms with Crippen molar-refractivity contribution < 1.29 is 4.74 Å². The first kappa shape index (κ1) is 15.0. The van der Waals surface area contributed by atoms with Crippen molar-refractivity contribution in [1.82, 2.24) is 9.78 Å². The zero-order valence-electron chi connectivity index (χ0n) is 11.0. The number of hydrogen-bond acceptors (Lipinski definition) is 4. The molecule has 0 aliphatic rings. The predicted molar refractivity (Wildman–Crippen MR) is 87.4 cm³/mol. The molecule has 3 N–H and O–H groups in total. The number of anilines is 2. The van der Waals surface area contributed by atoms with E-state index < -0.39 is 0 Å². The number of ether oxygens (including phenoxy) is 1. The average Bonchev–Trinajstić information content (AvgIpc) is 2.83. The van der Waals surface area contributed by atoms with Gasteiger partial charge >= 0.3 is 0 Å². The van der Waals surface area contributed by atoms with E-state index in [0.717, 1.165) is 21.4 Å². The Hall–Kier alpha value is -1.44. The van der Waals surface area contributed by atoms with Crippen molar-refractivity contribution in [1.29, 1.82) is 0 Å². The summed E-state index contributed by atoms with van der Waals surface area (Å²) in [6.45, 7) is 1.33. The molecule has 0 fully saturated rings. The molecular weight excluding hydrogens is 340 g/mol. The van der Waals surface area contributed by atoms with Crippen LogP contribution < -0.4 is 11.1 Å². The normalized spacial score (nSPS) is 10.5. The van der Waals surface area contributed by atoms with Crippen molar-refractivity contribution in [3.63, 3.8) is 0 Å². The summed E-state index contributed by atoms with van der Waals surface area (Å²) < 4.78 is 7.69. The molecule has 0 spiro atoms. The number of rotatable bonds is 6. The Bertz CT molecular complexity index is 614. The molecule has 0 amide bonds. The van der Waals surface area contributed by atoms with Gasteiger partial charge in [-0.05, 0) is 28.1 Å². The van der Waals surface area contributed by atoms with E-state index in [1.807, 2.05) is 29.1 Å². The maximum atomic E-state index is 5.76.